The lowest BCUT2D eigenvalue weighted by atomic mass is 9.96. The summed E-state index contributed by atoms with van der Waals surface area (Å²) >= 11 is 0. The Balaban J connectivity index is 3.31. The second kappa shape index (κ2) is 4.09. The highest BCUT2D eigenvalue weighted by atomic mass is 17.0. The third kappa shape index (κ3) is 1.69. The van der Waals surface area contributed by atoms with Gasteiger partial charge in [0.1, 0.15) is 0 Å². The van der Waals surface area contributed by atoms with Crippen LogP contribution >= 0.6 is 0 Å². The lowest BCUT2D eigenvalue weighted by Gasteiger charge is -2.40. The lowest BCUT2D eigenvalue weighted by molar-refractivity contribution is -0.787. The molecule has 18 heavy (non-hydrogen) atoms. The molecule has 1 heterocycles. The number of urea groups is 1. The maximum Gasteiger partial charge on any atom is 0.340 e. The molecule has 2 atom stereocenters. The summed E-state index contributed by atoms with van der Waals surface area (Å²) in [7, 11) is 2.12. The van der Waals surface area contributed by atoms with Crippen molar-refractivity contribution in [1.82, 2.24) is 9.80 Å². The largest absolute Gasteiger partial charge is 0.340 e. The Morgan fingerprint density at radius 2 is 1.78 bits per heavy atom. The van der Waals surface area contributed by atoms with Crippen molar-refractivity contribution in [2.75, 3.05) is 14.1 Å². The van der Waals surface area contributed by atoms with Crippen molar-refractivity contribution >= 4 is 11.9 Å². The number of carbonyl (C=O) groups is 2. The van der Waals surface area contributed by atoms with E-state index in [0.717, 1.165) is 21.0 Å². The molecular formula is C7H10N4O7. The summed E-state index contributed by atoms with van der Waals surface area (Å²) in [6.07, 6.45) is -1.92. The first-order valence-corrected chi connectivity index (χ1v) is 4.64. The summed E-state index contributed by atoms with van der Waals surface area (Å²) in [6.45, 7) is 0.864. The van der Waals surface area contributed by atoms with Crippen molar-refractivity contribution < 1.29 is 24.4 Å². The predicted molar refractivity (Wildman–Crippen MR) is 53.2 cm³/mol. The summed E-state index contributed by atoms with van der Waals surface area (Å²) in [6, 6.07) is -0.925. The molecule has 1 saturated heterocycles. The molecule has 1 aliphatic heterocycles. The van der Waals surface area contributed by atoms with E-state index in [1.54, 1.807) is 0 Å². The number of nitrogens with zero attached hydrogens (tertiary/aromatic N) is 4. The van der Waals surface area contributed by atoms with Crippen LogP contribution in [-0.2, 0) is 9.63 Å². The van der Waals surface area contributed by atoms with Gasteiger partial charge in [-0.3, -0.25) is 29.5 Å². The fourth-order valence-electron chi connectivity index (χ4n) is 1.67. The molecule has 0 radical (unpaired) electrons. The van der Waals surface area contributed by atoms with Gasteiger partial charge in [-0.25, -0.2) is 4.79 Å². The Bertz CT molecular complexity index is 438. The molecule has 1 aliphatic rings. The Kier molecular flexibility index (Phi) is 3.09. The molecule has 1 rings (SSSR count). The first-order valence-electron chi connectivity index (χ1n) is 4.64. The molecule has 0 aromatic carbocycles. The minimum absolute atomic E-state index is 0.516. The third-order valence-electron chi connectivity index (χ3n) is 2.72. The van der Waals surface area contributed by atoms with Gasteiger partial charge >= 0.3 is 17.5 Å². The van der Waals surface area contributed by atoms with Gasteiger partial charge in [-0.1, -0.05) is 0 Å². The summed E-state index contributed by atoms with van der Waals surface area (Å²) in [5, 5.41) is 20.0. The van der Waals surface area contributed by atoms with Gasteiger partial charge < -0.3 is 0 Å². The molecule has 3 amide bonds. The van der Waals surface area contributed by atoms with Crippen LogP contribution in [0.4, 0.5) is 4.79 Å². The number of amides is 3. The Hall–Kier alpha value is -2.46. The van der Waals surface area contributed by atoms with E-state index in [-0.39, 0.29) is 0 Å². The molecule has 0 unspecified atom stereocenters. The van der Waals surface area contributed by atoms with E-state index in [4.69, 9.17) is 0 Å². The third-order valence-corrected chi connectivity index (χ3v) is 2.72. The van der Waals surface area contributed by atoms with E-state index in [0.29, 0.717) is 9.80 Å². The highest BCUT2D eigenvalue weighted by molar-refractivity contribution is 6.01. The molecule has 0 bridgehead atoms. The number of hydrogen-bond donors (Lipinski definition) is 0. The molecule has 0 spiro atoms. The number of hydrogen-bond acceptors (Lipinski definition) is 7. The molecule has 100 valence electrons. The smallest absolute Gasteiger partial charge is 0.295 e. The average molecular weight is 262 g/mol. The quantitative estimate of drug-likeness (QED) is 0.473. The number of rotatable bonds is 3. The van der Waals surface area contributed by atoms with Crippen molar-refractivity contribution in [3.63, 3.8) is 0 Å². The van der Waals surface area contributed by atoms with Gasteiger partial charge in [0.2, 0.25) is 0 Å². The fraction of sp³-hybridized carbons (Fsp3) is 0.714. The van der Waals surface area contributed by atoms with Crippen LogP contribution in [0.3, 0.4) is 0 Å². The molecule has 0 aromatic rings. The average Bonchev–Trinajstić information content (AvgIpc) is 2.29. The first kappa shape index (κ1) is 13.6. The van der Waals surface area contributed by atoms with Crippen LogP contribution in [0, 0.1) is 20.2 Å². The monoisotopic (exact) mass is 262 g/mol. The van der Waals surface area contributed by atoms with Crippen molar-refractivity contribution in [3.05, 3.63) is 20.2 Å². The van der Waals surface area contributed by atoms with E-state index in [2.05, 4.69) is 4.84 Å². The second-order valence-electron chi connectivity index (χ2n) is 3.84. The second-order valence-corrected chi connectivity index (χ2v) is 3.84. The van der Waals surface area contributed by atoms with E-state index in [1.807, 2.05) is 0 Å². The zero-order chi connectivity index (χ0) is 14.2. The van der Waals surface area contributed by atoms with Crippen molar-refractivity contribution in [1.29, 1.82) is 0 Å². The summed E-state index contributed by atoms with van der Waals surface area (Å²) < 4.78 is 0. The minimum atomic E-state index is -2.44. The molecular weight excluding hydrogens is 252 g/mol. The van der Waals surface area contributed by atoms with Gasteiger partial charge in [0.25, 0.3) is 11.3 Å². The summed E-state index contributed by atoms with van der Waals surface area (Å²) in [5.41, 5.74) is -2.44. The number of imide groups is 1. The van der Waals surface area contributed by atoms with Gasteiger partial charge in [-0.2, -0.15) is 0 Å². The minimum Gasteiger partial charge on any atom is -0.295 e. The predicted octanol–water partition coefficient (Wildman–Crippen LogP) is -0.920. The van der Waals surface area contributed by atoms with Crippen LogP contribution < -0.4 is 0 Å². The maximum absolute atomic E-state index is 11.8. The Labute approximate surface area is 100 Å². The van der Waals surface area contributed by atoms with Crippen LogP contribution in [0.25, 0.3) is 0 Å². The van der Waals surface area contributed by atoms with Crippen LogP contribution in [0.5, 0.6) is 0 Å². The molecule has 0 aromatic heterocycles. The van der Waals surface area contributed by atoms with Gasteiger partial charge in [0, 0.05) is 25.9 Å². The van der Waals surface area contributed by atoms with Gasteiger partial charge in [-0.15, -0.1) is 10.1 Å². The standard InChI is InChI=1S/C7H10N4O7/c1-7(10(14)15)4(12)8(2)6(13)9(3)5(7)18-11(16)17/h5H,1-3H3/t5-,7+/m0/s1. The molecule has 11 nitrogen and oxygen atoms in total. The summed E-state index contributed by atoms with van der Waals surface area (Å²) in [4.78, 5) is 48.9. The number of nitro groups is 1. The molecule has 0 N–H and O–H groups in total. The summed E-state index contributed by atoms with van der Waals surface area (Å²) in [5.74, 6) is -1.18. The van der Waals surface area contributed by atoms with E-state index >= 15 is 0 Å². The van der Waals surface area contributed by atoms with Crippen LogP contribution in [0.1, 0.15) is 6.92 Å². The SMILES string of the molecule is CN1C(=O)N(C)[C@@H](O[N+](=O)[O-])[C@](C)([N+](=O)[O-])C1=O. The van der Waals surface area contributed by atoms with Crippen LogP contribution in [-0.4, -0.2) is 57.6 Å². The number of likely N-dealkylation sites (N-methyl/N-ethyl adjacent to an activating group) is 2. The molecule has 0 saturated carbocycles. The molecule has 11 heteroatoms. The highest BCUT2D eigenvalue weighted by Gasteiger charge is 2.64. The zero-order valence-corrected chi connectivity index (χ0v) is 9.72. The van der Waals surface area contributed by atoms with E-state index in [9.17, 15) is 29.8 Å². The van der Waals surface area contributed by atoms with Crippen LogP contribution in [0.15, 0.2) is 0 Å². The van der Waals surface area contributed by atoms with E-state index in [1.165, 1.54) is 0 Å². The highest BCUT2D eigenvalue weighted by Crippen LogP contribution is 2.28. The molecule has 0 aliphatic carbocycles. The van der Waals surface area contributed by atoms with E-state index < -0.39 is 33.7 Å². The van der Waals surface area contributed by atoms with Gasteiger partial charge in [0.05, 0.1) is 0 Å². The van der Waals surface area contributed by atoms with Crippen molar-refractivity contribution in [2.45, 2.75) is 18.7 Å². The van der Waals surface area contributed by atoms with Gasteiger partial charge in [-0.05, 0) is 0 Å². The molecule has 1 fully saturated rings. The Morgan fingerprint density at radius 3 is 2.17 bits per heavy atom. The van der Waals surface area contributed by atoms with Crippen molar-refractivity contribution in [3.8, 4) is 0 Å². The van der Waals surface area contributed by atoms with Crippen molar-refractivity contribution in [2.24, 2.45) is 0 Å². The maximum atomic E-state index is 11.8. The first-order chi connectivity index (χ1) is 8.13. The van der Waals surface area contributed by atoms with Crippen LogP contribution in [0.2, 0.25) is 0 Å². The van der Waals surface area contributed by atoms with Gasteiger partial charge in [0.15, 0.2) is 0 Å². The Morgan fingerprint density at radius 1 is 1.28 bits per heavy atom. The normalized spacial score (nSPS) is 28.3. The topological polar surface area (TPSA) is 136 Å². The lowest BCUT2D eigenvalue weighted by Crippen LogP contribution is -2.71. The number of carbonyl (C=O) groups excluding carboxylic acids is 2. The fourth-order valence-corrected chi connectivity index (χ4v) is 1.67. The zero-order valence-electron chi connectivity index (χ0n) is 9.72.